The summed E-state index contributed by atoms with van der Waals surface area (Å²) in [5, 5.41) is 20.4. The number of aliphatic hydroxyl groups is 2. The SMILES string of the molecule is CN1c2nc(Oc3ccccc3F)n(Cc3ccc(Cl)cc3)c2C(=O)N(CCCO)C1O. The van der Waals surface area contributed by atoms with E-state index in [4.69, 9.17) is 16.3 Å². The molecule has 0 aliphatic carbocycles. The van der Waals surface area contributed by atoms with Gasteiger partial charge in [0, 0.05) is 25.2 Å². The van der Waals surface area contributed by atoms with Crippen molar-refractivity contribution in [2.45, 2.75) is 19.3 Å². The number of amides is 1. The van der Waals surface area contributed by atoms with E-state index in [1.165, 1.54) is 21.9 Å². The molecule has 1 amide bonds. The van der Waals surface area contributed by atoms with Crippen molar-refractivity contribution in [1.82, 2.24) is 14.5 Å². The fraction of sp³-hybridized carbons (Fsp3) is 0.273. The summed E-state index contributed by atoms with van der Waals surface area (Å²) in [4.78, 5) is 20.4. The van der Waals surface area contributed by atoms with Crippen molar-refractivity contribution in [3.8, 4) is 11.8 Å². The Balaban J connectivity index is 1.81. The molecule has 0 saturated heterocycles. The molecule has 168 valence electrons. The molecule has 0 spiro atoms. The third-order valence-corrected chi connectivity index (χ3v) is 5.44. The zero-order valence-electron chi connectivity index (χ0n) is 17.3. The molecule has 0 radical (unpaired) electrons. The Morgan fingerprint density at radius 1 is 1.19 bits per heavy atom. The van der Waals surface area contributed by atoms with Crippen molar-refractivity contribution in [2.24, 2.45) is 0 Å². The molecule has 1 aliphatic rings. The number of aromatic nitrogens is 2. The van der Waals surface area contributed by atoms with Gasteiger partial charge in [-0.15, -0.1) is 0 Å². The fourth-order valence-corrected chi connectivity index (χ4v) is 3.64. The van der Waals surface area contributed by atoms with E-state index in [9.17, 15) is 19.4 Å². The number of para-hydroxylation sites is 1. The smallest absolute Gasteiger partial charge is 0.304 e. The minimum Gasteiger partial charge on any atom is -0.422 e. The van der Waals surface area contributed by atoms with Gasteiger partial charge in [0.25, 0.3) is 5.91 Å². The van der Waals surface area contributed by atoms with Gasteiger partial charge in [0.05, 0.1) is 6.54 Å². The predicted octanol–water partition coefficient (Wildman–Crippen LogP) is 3.07. The number of halogens is 2. The van der Waals surface area contributed by atoms with Crippen LogP contribution in [0.1, 0.15) is 22.5 Å². The average Bonchev–Trinajstić information content (AvgIpc) is 3.13. The summed E-state index contributed by atoms with van der Waals surface area (Å²) in [6, 6.07) is 13.0. The van der Waals surface area contributed by atoms with Crippen molar-refractivity contribution in [2.75, 3.05) is 25.1 Å². The van der Waals surface area contributed by atoms with Gasteiger partial charge in [0.2, 0.25) is 6.35 Å². The van der Waals surface area contributed by atoms with Gasteiger partial charge in [-0.1, -0.05) is 35.9 Å². The Kier molecular flexibility index (Phi) is 6.31. The first-order valence-corrected chi connectivity index (χ1v) is 10.4. The minimum absolute atomic E-state index is 0.00598. The molecule has 1 unspecified atom stereocenters. The fourth-order valence-electron chi connectivity index (χ4n) is 3.52. The highest BCUT2D eigenvalue weighted by atomic mass is 35.5. The molecule has 4 rings (SSSR count). The number of hydrogen-bond acceptors (Lipinski definition) is 6. The first-order chi connectivity index (χ1) is 15.4. The highest BCUT2D eigenvalue weighted by Gasteiger charge is 2.40. The predicted molar refractivity (Wildman–Crippen MR) is 116 cm³/mol. The van der Waals surface area contributed by atoms with Gasteiger partial charge in [0.15, 0.2) is 23.1 Å². The largest absolute Gasteiger partial charge is 0.422 e. The summed E-state index contributed by atoms with van der Waals surface area (Å²) < 4.78 is 21.6. The molecule has 10 heteroatoms. The Hall–Kier alpha value is -3.14. The number of benzene rings is 2. The Morgan fingerprint density at radius 2 is 1.91 bits per heavy atom. The van der Waals surface area contributed by atoms with Gasteiger partial charge in [-0.2, -0.15) is 4.98 Å². The Morgan fingerprint density at radius 3 is 2.59 bits per heavy atom. The quantitative estimate of drug-likeness (QED) is 0.563. The number of fused-ring (bicyclic) bond motifs is 1. The normalized spacial score (nSPS) is 15.8. The van der Waals surface area contributed by atoms with E-state index in [-0.39, 0.29) is 43.0 Å². The van der Waals surface area contributed by atoms with Gasteiger partial charge in [-0.3, -0.25) is 14.3 Å². The molecular weight excluding hydrogens is 439 g/mol. The van der Waals surface area contributed by atoms with Crippen molar-refractivity contribution in [3.63, 3.8) is 0 Å². The molecule has 2 N–H and O–H groups in total. The second-order valence-corrected chi connectivity index (χ2v) is 7.78. The molecule has 2 heterocycles. The molecule has 32 heavy (non-hydrogen) atoms. The zero-order chi connectivity index (χ0) is 22.8. The number of carbonyl (C=O) groups excluding carboxylic acids is 1. The number of aliphatic hydroxyl groups excluding tert-OH is 2. The average molecular weight is 461 g/mol. The monoisotopic (exact) mass is 460 g/mol. The Bertz CT molecular complexity index is 1120. The lowest BCUT2D eigenvalue weighted by Crippen LogP contribution is -2.54. The van der Waals surface area contributed by atoms with Crippen LogP contribution in [0, 0.1) is 5.82 Å². The van der Waals surface area contributed by atoms with Crippen LogP contribution in [-0.4, -0.2) is 57.1 Å². The number of anilines is 1. The zero-order valence-corrected chi connectivity index (χ0v) is 18.0. The number of carbonyl (C=O) groups is 1. The van der Waals surface area contributed by atoms with Crippen molar-refractivity contribution in [1.29, 1.82) is 0 Å². The van der Waals surface area contributed by atoms with Gasteiger partial charge in [-0.25, -0.2) is 4.39 Å². The standard InChI is InChI=1S/C22H22ClFN4O4/c1-26-19-18(20(30)27(22(26)31)11-4-12-29)28(13-14-7-9-15(23)10-8-14)21(25-19)32-17-6-3-2-5-16(17)24/h2-3,5-10,22,29,31H,4,11-13H2,1H3. The second kappa shape index (κ2) is 9.15. The number of hydrogen-bond donors (Lipinski definition) is 2. The summed E-state index contributed by atoms with van der Waals surface area (Å²) in [7, 11) is 1.59. The van der Waals surface area contributed by atoms with E-state index < -0.39 is 18.1 Å². The highest BCUT2D eigenvalue weighted by Crippen LogP contribution is 2.35. The van der Waals surface area contributed by atoms with Gasteiger partial charge in [0.1, 0.15) is 0 Å². The lowest BCUT2D eigenvalue weighted by molar-refractivity contribution is 0.00112. The summed E-state index contributed by atoms with van der Waals surface area (Å²) in [5.41, 5.74) is 1.01. The van der Waals surface area contributed by atoms with Gasteiger partial charge >= 0.3 is 6.01 Å². The maximum Gasteiger partial charge on any atom is 0.304 e. The molecule has 0 fully saturated rings. The van der Waals surface area contributed by atoms with E-state index in [1.807, 2.05) is 0 Å². The Labute approximate surface area is 189 Å². The summed E-state index contributed by atoms with van der Waals surface area (Å²) in [5.74, 6) is -0.872. The van der Waals surface area contributed by atoms with Crippen LogP contribution >= 0.6 is 11.6 Å². The van der Waals surface area contributed by atoms with Crippen LogP contribution in [0.3, 0.4) is 0 Å². The molecule has 3 aromatic rings. The summed E-state index contributed by atoms with van der Waals surface area (Å²) >= 11 is 5.99. The topological polar surface area (TPSA) is 91.1 Å². The molecule has 2 aromatic carbocycles. The lowest BCUT2D eigenvalue weighted by Gasteiger charge is -2.38. The van der Waals surface area contributed by atoms with Crippen molar-refractivity contribution >= 4 is 23.3 Å². The first-order valence-electron chi connectivity index (χ1n) is 10.0. The van der Waals surface area contributed by atoms with Crippen LogP contribution in [0.15, 0.2) is 48.5 Å². The summed E-state index contributed by atoms with van der Waals surface area (Å²) in [6.07, 6.45) is -0.961. The van der Waals surface area contributed by atoms with Crippen LogP contribution in [0.2, 0.25) is 5.02 Å². The lowest BCUT2D eigenvalue weighted by atomic mass is 10.2. The second-order valence-electron chi connectivity index (χ2n) is 7.34. The highest BCUT2D eigenvalue weighted by molar-refractivity contribution is 6.30. The van der Waals surface area contributed by atoms with E-state index in [0.717, 1.165) is 5.56 Å². The van der Waals surface area contributed by atoms with Crippen LogP contribution in [-0.2, 0) is 6.54 Å². The summed E-state index contributed by atoms with van der Waals surface area (Å²) in [6.45, 7) is 0.224. The van der Waals surface area contributed by atoms with Crippen LogP contribution in [0.25, 0.3) is 0 Å². The number of ether oxygens (including phenoxy) is 1. The number of imidazole rings is 1. The minimum atomic E-state index is -1.26. The van der Waals surface area contributed by atoms with Crippen LogP contribution in [0.4, 0.5) is 10.2 Å². The van der Waals surface area contributed by atoms with Crippen molar-refractivity contribution < 1.29 is 24.1 Å². The van der Waals surface area contributed by atoms with E-state index in [1.54, 1.807) is 48.0 Å². The molecular formula is C22H22ClFN4O4. The maximum absolute atomic E-state index is 14.3. The van der Waals surface area contributed by atoms with Crippen molar-refractivity contribution in [3.05, 3.63) is 70.6 Å². The number of nitrogens with zero attached hydrogens (tertiary/aromatic N) is 4. The number of rotatable bonds is 7. The maximum atomic E-state index is 14.3. The first kappa shape index (κ1) is 22.1. The van der Waals surface area contributed by atoms with Gasteiger partial charge < -0.3 is 19.8 Å². The molecule has 1 aromatic heterocycles. The molecule has 1 atom stereocenters. The van der Waals surface area contributed by atoms with E-state index >= 15 is 0 Å². The molecule has 0 saturated carbocycles. The third kappa shape index (κ3) is 4.14. The third-order valence-electron chi connectivity index (χ3n) is 5.19. The molecule has 1 aliphatic heterocycles. The molecule has 0 bridgehead atoms. The van der Waals surface area contributed by atoms with Crippen LogP contribution in [0.5, 0.6) is 11.8 Å². The molecule has 8 nitrogen and oxygen atoms in total. The van der Waals surface area contributed by atoms with E-state index in [2.05, 4.69) is 4.98 Å². The van der Waals surface area contributed by atoms with E-state index in [0.29, 0.717) is 11.4 Å². The van der Waals surface area contributed by atoms with Gasteiger partial charge in [-0.05, 0) is 36.2 Å². The van der Waals surface area contributed by atoms with Crippen LogP contribution < -0.4 is 9.64 Å².